The Kier molecular flexibility index (Phi) is 4.56. The molecule has 4 rings (SSSR count). The number of nitrogens with one attached hydrogen (secondary N) is 2. The van der Waals surface area contributed by atoms with Gasteiger partial charge < -0.3 is 19.6 Å². The summed E-state index contributed by atoms with van der Waals surface area (Å²) in [6.45, 7) is 0.0739. The second kappa shape index (κ2) is 7.18. The first-order chi connectivity index (χ1) is 13.5. The van der Waals surface area contributed by atoms with Crippen LogP contribution in [0.15, 0.2) is 47.3 Å². The maximum absolute atomic E-state index is 12.4. The van der Waals surface area contributed by atoms with Gasteiger partial charge in [0, 0.05) is 19.2 Å². The zero-order chi connectivity index (χ0) is 19.7. The Morgan fingerprint density at radius 3 is 2.96 bits per heavy atom. The molecular weight excluding hydrogens is 362 g/mol. The van der Waals surface area contributed by atoms with Crippen molar-refractivity contribution in [1.82, 2.24) is 19.8 Å². The molecule has 0 saturated carbocycles. The number of anilines is 1. The molecular formula is C19H19N5O4. The van der Waals surface area contributed by atoms with Gasteiger partial charge in [0.25, 0.3) is 5.91 Å². The van der Waals surface area contributed by atoms with E-state index in [2.05, 4.69) is 15.6 Å². The van der Waals surface area contributed by atoms with E-state index in [1.807, 2.05) is 17.7 Å². The maximum Gasteiger partial charge on any atom is 0.325 e. The lowest BCUT2D eigenvalue weighted by Gasteiger charge is -2.11. The van der Waals surface area contributed by atoms with Crippen LogP contribution in [0.25, 0.3) is 11.0 Å². The maximum atomic E-state index is 12.4. The van der Waals surface area contributed by atoms with E-state index in [4.69, 9.17) is 4.42 Å². The summed E-state index contributed by atoms with van der Waals surface area (Å²) in [6, 6.07) is 7.66. The predicted molar refractivity (Wildman–Crippen MR) is 100 cm³/mol. The number of imidazole rings is 1. The van der Waals surface area contributed by atoms with Crippen LogP contribution in [0.1, 0.15) is 18.6 Å². The Labute approximate surface area is 160 Å². The predicted octanol–water partition coefficient (Wildman–Crippen LogP) is 2.01. The van der Waals surface area contributed by atoms with Crippen molar-refractivity contribution >= 4 is 34.6 Å². The van der Waals surface area contributed by atoms with E-state index in [1.165, 1.54) is 6.26 Å². The lowest BCUT2D eigenvalue weighted by Crippen LogP contribution is -2.31. The van der Waals surface area contributed by atoms with Crippen molar-refractivity contribution in [3.05, 3.63) is 48.7 Å². The fraction of sp³-hybridized carbons (Fsp3) is 0.263. The Balaban J connectivity index is 1.32. The van der Waals surface area contributed by atoms with E-state index >= 15 is 0 Å². The monoisotopic (exact) mass is 381 g/mol. The van der Waals surface area contributed by atoms with Crippen molar-refractivity contribution in [2.45, 2.75) is 25.4 Å². The minimum Gasteiger partial charge on any atom is -0.467 e. The van der Waals surface area contributed by atoms with Gasteiger partial charge in [-0.3, -0.25) is 14.5 Å². The molecule has 0 spiro atoms. The number of imide groups is 1. The van der Waals surface area contributed by atoms with E-state index in [0.29, 0.717) is 11.4 Å². The van der Waals surface area contributed by atoms with E-state index in [-0.39, 0.29) is 31.2 Å². The Bertz CT molecular complexity index is 1040. The summed E-state index contributed by atoms with van der Waals surface area (Å²) in [5.41, 5.74) is 2.39. The fourth-order valence-electron chi connectivity index (χ4n) is 3.19. The topological polar surface area (TPSA) is 109 Å². The number of hydrogen-bond donors (Lipinski definition) is 2. The summed E-state index contributed by atoms with van der Waals surface area (Å²) >= 11 is 0. The number of rotatable bonds is 6. The highest BCUT2D eigenvalue weighted by atomic mass is 16.3. The van der Waals surface area contributed by atoms with Crippen LogP contribution in [0, 0.1) is 0 Å². The van der Waals surface area contributed by atoms with Crippen molar-refractivity contribution in [2.24, 2.45) is 7.05 Å². The molecule has 0 bridgehead atoms. The molecule has 144 valence electrons. The molecule has 3 aromatic rings. The third-order valence-corrected chi connectivity index (χ3v) is 4.67. The van der Waals surface area contributed by atoms with Crippen LogP contribution in [0.4, 0.5) is 10.5 Å². The molecule has 2 N–H and O–H groups in total. The molecule has 1 saturated heterocycles. The van der Waals surface area contributed by atoms with Gasteiger partial charge in [0.2, 0.25) is 5.91 Å². The van der Waals surface area contributed by atoms with Crippen LogP contribution in [-0.4, -0.2) is 38.3 Å². The first-order valence-electron chi connectivity index (χ1n) is 8.86. The largest absolute Gasteiger partial charge is 0.467 e. The third kappa shape index (κ3) is 3.46. The SMILES string of the molecule is Cn1cnc2cc(NC(=O)CCC3NC(=O)N(Cc4ccco4)C3=O)ccc21. The lowest BCUT2D eigenvalue weighted by atomic mass is 10.1. The molecule has 3 heterocycles. The average Bonchev–Trinajstić information content (AvgIpc) is 3.37. The second-order valence-electron chi connectivity index (χ2n) is 6.65. The van der Waals surface area contributed by atoms with Crippen LogP contribution in [0.3, 0.4) is 0 Å². The van der Waals surface area contributed by atoms with Gasteiger partial charge in [0.15, 0.2) is 0 Å². The van der Waals surface area contributed by atoms with Gasteiger partial charge in [0.05, 0.1) is 30.2 Å². The number of nitrogens with zero attached hydrogens (tertiary/aromatic N) is 3. The van der Waals surface area contributed by atoms with E-state index in [0.717, 1.165) is 15.9 Å². The quantitative estimate of drug-likeness (QED) is 0.635. The number of aromatic nitrogens is 2. The van der Waals surface area contributed by atoms with Crippen molar-refractivity contribution in [2.75, 3.05) is 5.32 Å². The van der Waals surface area contributed by atoms with Gasteiger partial charge >= 0.3 is 6.03 Å². The van der Waals surface area contributed by atoms with Crippen LogP contribution in [0.5, 0.6) is 0 Å². The summed E-state index contributed by atoms with van der Waals surface area (Å²) in [7, 11) is 1.90. The third-order valence-electron chi connectivity index (χ3n) is 4.67. The van der Waals surface area contributed by atoms with Crippen molar-refractivity contribution in [1.29, 1.82) is 0 Å². The minimum atomic E-state index is -0.716. The number of fused-ring (bicyclic) bond motifs is 1. The van der Waals surface area contributed by atoms with Gasteiger partial charge in [0.1, 0.15) is 11.8 Å². The molecule has 0 aliphatic carbocycles. The Morgan fingerprint density at radius 1 is 1.32 bits per heavy atom. The molecule has 1 atom stereocenters. The molecule has 2 aromatic heterocycles. The Morgan fingerprint density at radius 2 is 2.18 bits per heavy atom. The molecule has 1 aliphatic rings. The number of aryl methyl sites for hydroxylation is 1. The molecule has 1 aliphatic heterocycles. The molecule has 9 nitrogen and oxygen atoms in total. The van der Waals surface area contributed by atoms with Crippen molar-refractivity contribution < 1.29 is 18.8 Å². The minimum absolute atomic E-state index is 0.0739. The van der Waals surface area contributed by atoms with Gasteiger partial charge in [-0.05, 0) is 36.8 Å². The number of furan rings is 1. The number of benzene rings is 1. The second-order valence-corrected chi connectivity index (χ2v) is 6.65. The summed E-state index contributed by atoms with van der Waals surface area (Å²) in [5, 5.41) is 5.42. The normalized spacial score (nSPS) is 16.6. The van der Waals surface area contributed by atoms with E-state index in [1.54, 1.807) is 30.6 Å². The highest BCUT2D eigenvalue weighted by Gasteiger charge is 2.38. The Hall–Kier alpha value is -3.62. The first-order valence-corrected chi connectivity index (χ1v) is 8.86. The zero-order valence-corrected chi connectivity index (χ0v) is 15.2. The van der Waals surface area contributed by atoms with Crippen LogP contribution >= 0.6 is 0 Å². The molecule has 1 aromatic carbocycles. The average molecular weight is 381 g/mol. The number of carbonyl (C=O) groups excluding carboxylic acids is 3. The summed E-state index contributed by atoms with van der Waals surface area (Å²) < 4.78 is 7.07. The molecule has 4 amide bonds. The van der Waals surface area contributed by atoms with E-state index < -0.39 is 12.1 Å². The van der Waals surface area contributed by atoms with Gasteiger partial charge in [-0.25, -0.2) is 9.78 Å². The number of amides is 4. The molecule has 9 heteroatoms. The van der Waals surface area contributed by atoms with Crippen LogP contribution in [0.2, 0.25) is 0 Å². The number of urea groups is 1. The van der Waals surface area contributed by atoms with Crippen molar-refractivity contribution in [3.63, 3.8) is 0 Å². The number of carbonyl (C=O) groups is 3. The standard InChI is InChI=1S/C19H19N5O4/c1-23-11-20-15-9-12(4-6-16(15)23)21-17(25)7-5-14-18(26)24(19(27)22-14)10-13-3-2-8-28-13/h2-4,6,8-9,11,14H,5,7,10H2,1H3,(H,21,25)(H,22,27). The van der Waals surface area contributed by atoms with Crippen molar-refractivity contribution in [3.8, 4) is 0 Å². The molecule has 1 fully saturated rings. The molecule has 0 radical (unpaired) electrons. The summed E-state index contributed by atoms with van der Waals surface area (Å²) in [5.74, 6) is -0.0715. The highest BCUT2D eigenvalue weighted by Crippen LogP contribution is 2.19. The van der Waals surface area contributed by atoms with Crippen LogP contribution < -0.4 is 10.6 Å². The molecule has 1 unspecified atom stereocenters. The smallest absolute Gasteiger partial charge is 0.325 e. The number of hydrogen-bond acceptors (Lipinski definition) is 5. The van der Waals surface area contributed by atoms with Crippen LogP contribution in [-0.2, 0) is 23.2 Å². The first kappa shape index (κ1) is 17.8. The lowest BCUT2D eigenvalue weighted by molar-refractivity contribution is -0.128. The van der Waals surface area contributed by atoms with Gasteiger partial charge in [-0.2, -0.15) is 0 Å². The molecule has 28 heavy (non-hydrogen) atoms. The fourth-order valence-corrected chi connectivity index (χ4v) is 3.19. The summed E-state index contributed by atoms with van der Waals surface area (Å²) in [4.78, 5) is 42.0. The van der Waals surface area contributed by atoms with Gasteiger partial charge in [-0.1, -0.05) is 0 Å². The van der Waals surface area contributed by atoms with Gasteiger partial charge in [-0.15, -0.1) is 0 Å². The van der Waals surface area contributed by atoms with E-state index in [9.17, 15) is 14.4 Å². The zero-order valence-electron chi connectivity index (χ0n) is 15.2. The highest BCUT2D eigenvalue weighted by molar-refractivity contribution is 6.04. The summed E-state index contributed by atoms with van der Waals surface area (Å²) in [6.07, 6.45) is 3.51.